The maximum absolute atomic E-state index is 16.3. The van der Waals surface area contributed by atoms with Crippen molar-refractivity contribution in [3.05, 3.63) is 29.3 Å². The average Bonchev–Trinajstić information content (AvgIpc) is 4.01. The lowest BCUT2D eigenvalue weighted by atomic mass is 10.1. The number of nitrogens with one attached hydrogen (secondary N) is 1. The number of unbranched alkanes of at least 4 members (excludes halogenated alkanes) is 8. The van der Waals surface area contributed by atoms with E-state index >= 15 is 8.78 Å². The number of nitrogens with zero attached hydrogens (tertiary/aromatic N) is 7. The normalized spacial score (nSPS) is 25.0. The number of ether oxygens (including phenoxy) is 3. The van der Waals surface area contributed by atoms with Crippen LogP contribution in [0.5, 0.6) is 0 Å². The molecule has 0 aromatic carbocycles. The number of aromatic nitrogens is 8. The third-order valence-electron chi connectivity index (χ3n) is 10.0. The molecule has 27 heteroatoms. The first-order valence-electron chi connectivity index (χ1n) is 19.8. The zero-order chi connectivity index (χ0) is 43.7. The predicted octanol–water partition coefficient (Wildman–Crippen LogP) is 4.80. The van der Waals surface area contributed by atoms with Gasteiger partial charge in [-0.1, -0.05) is 58.3 Å². The molecular weight excluding hydrogens is 872 g/mol. The number of esters is 1. The van der Waals surface area contributed by atoms with Gasteiger partial charge in [-0.15, -0.1) is 0 Å². The molecule has 2 saturated heterocycles. The minimum Gasteiger partial charge on any atom is -0.454 e. The Kier molecular flexibility index (Phi) is 16.2. The highest BCUT2D eigenvalue weighted by molar-refractivity contribution is 8.56. The van der Waals surface area contributed by atoms with Crippen LogP contribution in [0, 0.1) is 0 Å². The fourth-order valence-corrected chi connectivity index (χ4v) is 10.1. The SMILES string of the molecule is CCCCCCCCCCCC(=O)OCSP(=O)(CO)OC[C@H]1O[C@@H](n2cnc3c(=O)[nH]c(N)nc32)[C@H](OP(=O)(O)OC[C@@H]2C[C@@H](F)[C@H](n3cnc4c(N)ncnc43)O2)[C@@H]1F. The molecule has 6 rings (SSSR count). The predicted molar refractivity (Wildman–Crippen MR) is 216 cm³/mol. The third-order valence-corrected chi connectivity index (χ3v) is 14.7. The Hall–Kier alpha value is -3.64. The summed E-state index contributed by atoms with van der Waals surface area (Å²) in [5.41, 5.74) is 10.8. The molecule has 338 valence electrons. The molecule has 0 amide bonds. The molecule has 4 aromatic rings. The van der Waals surface area contributed by atoms with Crippen molar-refractivity contribution >= 4 is 65.8 Å². The zero-order valence-corrected chi connectivity index (χ0v) is 35.8. The Morgan fingerprint density at radius 3 is 2.36 bits per heavy atom. The number of carbonyl (C=O) groups is 1. The monoisotopic (exact) mass is 922 g/mol. The minimum absolute atomic E-state index is 0.0675. The number of nitrogen functional groups attached to an aromatic ring is 2. The molecule has 9 atom stereocenters. The topological polar surface area (TPSA) is 306 Å². The molecule has 2 unspecified atom stereocenters. The Morgan fingerprint density at radius 1 is 0.951 bits per heavy atom. The molecule has 61 heavy (non-hydrogen) atoms. The van der Waals surface area contributed by atoms with E-state index in [-0.39, 0.29) is 46.9 Å². The Morgan fingerprint density at radius 2 is 1.64 bits per heavy atom. The molecule has 0 aliphatic carbocycles. The van der Waals surface area contributed by atoms with Crippen molar-refractivity contribution in [3.63, 3.8) is 0 Å². The fraction of sp³-hybridized carbons (Fsp3) is 0.676. The van der Waals surface area contributed by atoms with Crippen LogP contribution in [0.4, 0.5) is 20.5 Å². The van der Waals surface area contributed by atoms with E-state index in [4.69, 9.17) is 39.2 Å². The molecule has 0 spiro atoms. The van der Waals surface area contributed by atoms with E-state index in [1.54, 1.807) is 0 Å². The first kappa shape index (κ1) is 46.9. The maximum atomic E-state index is 16.3. The van der Waals surface area contributed by atoms with E-state index in [2.05, 4.69) is 36.8 Å². The van der Waals surface area contributed by atoms with Crippen molar-refractivity contribution in [2.45, 2.75) is 121 Å². The van der Waals surface area contributed by atoms with Crippen LogP contribution >= 0.6 is 25.8 Å². The quantitative estimate of drug-likeness (QED) is 0.0273. The van der Waals surface area contributed by atoms with E-state index in [9.17, 15) is 28.7 Å². The summed E-state index contributed by atoms with van der Waals surface area (Å²) in [5.74, 6) is -1.20. The molecule has 22 nitrogen and oxygen atoms in total. The van der Waals surface area contributed by atoms with Crippen LogP contribution in [0.1, 0.15) is 90.0 Å². The second-order valence-electron chi connectivity index (χ2n) is 14.5. The number of H-pyrrole nitrogens is 1. The average molecular weight is 923 g/mol. The minimum atomic E-state index is -5.24. The van der Waals surface area contributed by atoms with E-state index in [0.717, 1.165) is 36.6 Å². The molecule has 2 fully saturated rings. The first-order chi connectivity index (χ1) is 29.2. The molecule has 4 aromatic heterocycles. The van der Waals surface area contributed by atoms with Crippen molar-refractivity contribution < 1.29 is 60.5 Å². The highest BCUT2D eigenvalue weighted by atomic mass is 32.7. The van der Waals surface area contributed by atoms with Crippen molar-refractivity contribution in [1.29, 1.82) is 0 Å². The summed E-state index contributed by atoms with van der Waals surface area (Å²) in [5, 5.41) is 9.94. The van der Waals surface area contributed by atoms with Gasteiger partial charge in [-0.2, -0.15) is 4.98 Å². The molecule has 0 radical (unpaired) electrons. The summed E-state index contributed by atoms with van der Waals surface area (Å²) in [7, 11) is -5.24. The number of phosphoric ester groups is 1. The number of halogens is 2. The number of hydrogen-bond acceptors (Lipinski definition) is 19. The van der Waals surface area contributed by atoms with Crippen LogP contribution < -0.4 is 17.0 Å². The highest BCUT2D eigenvalue weighted by Gasteiger charge is 2.52. The van der Waals surface area contributed by atoms with Crippen LogP contribution in [0.3, 0.4) is 0 Å². The van der Waals surface area contributed by atoms with E-state index in [1.807, 2.05) is 0 Å². The van der Waals surface area contributed by atoms with E-state index < -0.39 is 94.5 Å². The summed E-state index contributed by atoms with van der Waals surface area (Å²) >= 11 is 0.521. The van der Waals surface area contributed by atoms with Gasteiger partial charge in [0, 0.05) is 12.8 Å². The van der Waals surface area contributed by atoms with Crippen molar-refractivity contribution in [2.24, 2.45) is 0 Å². The number of aromatic amines is 1. The summed E-state index contributed by atoms with van der Waals surface area (Å²) in [6.07, 6.45) is 0.315. The molecule has 0 bridgehead atoms. The van der Waals surface area contributed by atoms with Gasteiger partial charge < -0.3 is 40.2 Å². The standard InChI is InChI=1S/C34H50F2N10O12P2S/c1-2-3-4-5-6-7-8-9-10-11-23(48)53-19-61-59(50,18-47)54-14-22-24(36)27(33(57-22)46-17-42-26-30(46)43-34(38)44-31(26)49)58-60(51,52)55-13-20-12-21(35)32(56-20)45-16-41-25-28(37)39-15-40-29(25)45/h15-17,20-22,24,27,32-33,47H,2-14,18-19H2,1H3,(H,51,52)(H2,37,39,40)(H3,38,43,44,49)/t20-,21+,22+,24+,27+,32+,33+,59?/m0/s1. The number of rotatable bonds is 24. The highest BCUT2D eigenvalue weighted by Crippen LogP contribution is 2.59. The van der Waals surface area contributed by atoms with Gasteiger partial charge >= 0.3 is 13.8 Å². The molecule has 7 N–H and O–H groups in total. The van der Waals surface area contributed by atoms with Crippen molar-refractivity contribution in [2.75, 3.05) is 37.0 Å². The Labute approximate surface area is 351 Å². The number of phosphoric acid groups is 1. The molecule has 2 aliphatic rings. The lowest BCUT2D eigenvalue weighted by molar-refractivity contribution is -0.141. The smallest absolute Gasteiger partial charge is 0.454 e. The Balaban J connectivity index is 1.06. The lowest BCUT2D eigenvalue weighted by Crippen LogP contribution is -2.32. The summed E-state index contributed by atoms with van der Waals surface area (Å²) in [6, 6.07) is 0. The third kappa shape index (κ3) is 11.9. The fourth-order valence-electron chi connectivity index (χ4n) is 6.90. The van der Waals surface area contributed by atoms with Crippen LogP contribution in [0.2, 0.25) is 0 Å². The van der Waals surface area contributed by atoms with Crippen molar-refractivity contribution in [1.82, 2.24) is 39.0 Å². The lowest BCUT2D eigenvalue weighted by Gasteiger charge is -2.24. The number of imidazole rings is 2. The number of carbonyl (C=O) groups excluding carboxylic acids is 1. The number of aliphatic hydroxyl groups is 1. The van der Waals surface area contributed by atoms with Gasteiger partial charge in [-0.3, -0.25) is 37.3 Å². The molecule has 0 saturated carbocycles. The van der Waals surface area contributed by atoms with Gasteiger partial charge in [0.25, 0.3) is 12.1 Å². The Bertz CT molecular complexity index is 2260. The molecular formula is C34H50F2N10O12P2S. The number of anilines is 2. The van der Waals surface area contributed by atoms with Crippen LogP contribution in [0.25, 0.3) is 22.3 Å². The number of fused-ring (bicyclic) bond motifs is 2. The zero-order valence-electron chi connectivity index (χ0n) is 33.2. The molecule has 2 aliphatic heterocycles. The number of hydrogen-bond donors (Lipinski definition) is 5. The van der Waals surface area contributed by atoms with Crippen molar-refractivity contribution in [3.8, 4) is 0 Å². The van der Waals surface area contributed by atoms with Gasteiger partial charge in [0.2, 0.25) is 5.95 Å². The molecule has 6 heterocycles. The summed E-state index contributed by atoms with van der Waals surface area (Å²) < 4.78 is 93.4. The number of aliphatic hydroxyl groups excluding tert-OH is 1. The number of alkyl halides is 2. The van der Waals surface area contributed by atoms with E-state index in [1.165, 1.54) is 42.9 Å². The summed E-state index contributed by atoms with van der Waals surface area (Å²) in [4.78, 5) is 57.9. The van der Waals surface area contributed by atoms with Gasteiger partial charge in [-0.05, 0) is 17.8 Å². The van der Waals surface area contributed by atoms with Gasteiger partial charge in [-0.25, -0.2) is 33.3 Å². The van der Waals surface area contributed by atoms with Crippen LogP contribution in [-0.2, 0) is 41.7 Å². The number of nitrogens with two attached hydrogens (primary N) is 2. The van der Waals surface area contributed by atoms with E-state index in [0.29, 0.717) is 17.8 Å². The summed E-state index contributed by atoms with van der Waals surface area (Å²) in [6.45, 7) is -3.33. The van der Waals surface area contributed by atoms with Crippen LogP contribution in [0.15, 0.2) is 23.8 Å². The second kappa shape index (κ2) is 21.2. The van der Waals surface area contributed by atoms with Gasteiger partial charge in [0.05, 0.1) is 32.0 Å². The van der Waals surface area contributed by atoms with Gasteiger partial charge in [0.15, 0.2) is 41.3 Å². The van der Waals surface area contributed by atoms with Crippen LogP contribution in [-0.4, -0.2) is 111 Å². The second-order valence-corrected chi connectivity index (χ2v) is 20.6. The van der Waals surface area contributed by atoms with Gasteiger partial charge in [0.1, 0.15) is 42.5 Å². The maximum Gasteiger partial charge on any atom is 0.472 e. The largest absolute Gasteiger partial charge is 0.472 e. The first-order valence-corrected chi connectivity index (χ1v) is 24.7.